The van der Waals surface area contributed by atoms with Gasteiger partial charge >= 0.3 is 0 Å². The Balaban J connectivity index is 0.00000158. The maximum Gasteiger partial charge on any atom is 0.155 e. The van der Waals surface area contributed by atoms with E-state index < -0.39 is 5.82 Å². The number of H-pyrrole nitrogens is 1. The van der Waals surface area contributed by atoms with Gasteiger partial charge < -0.3 is 10.7 Å². The molecule has 40 heavy (non-hydrogen) atoms. The van der Waals surface area contributed by atoms with Crippen molar-refractivity contribution < 1.29 is 8.78 Å². The Morgan fingerprint density at radius 3 is 2.45 bits per heavy atom. The summed E-state index contributed by atoms with van der Waals surface area (Å²) in [6.45, 7) is 2.92. The Hall–Kier alpha value is -4.68. The zero-order chi connectivity index (χ0) is 28.1. The minimum Gasteiger partial charge on any atom is -0.397 e. The molecule has 0 bridgehead atoms. The van der Waals surface area contributed by atoms with Gasteiger partial charge in [-0.15, -0.1) is 12.8 Å². The Morgan fingerprint density at radius 2 is 1.68 bits per heavy atom. The van der Waals surface area contributed by atoms with E-state index in [0.29, 0.717) is 28.2 Å². The summed E-state index contributed by atoms with van der Waals surface area (Å²) in [6, 6.07) is 9.84. The lowest BCUT2D eigenvalue weighted by Gasteiger charge is -2.26. The molecule has 7 nitrogen and oxygen atoms in total. The number of pyridine rings is 3. The standard InChI is InChI=1S/C29H27F2N7.C2H2/c30-21-6-4-19(5-7-21)28-29-24(8-9-34-28)36-25(37-29)13-22-23(32)16-35-27(26(22)31)20-12-18(14-33-15-20)17-38-10-2-1-3-11-38;1-2/h4-9,12,14-16H,1-3,10-11,13,17,32H2,(H,36,37);1-2H. The van der Waals surface area contributed by atoms with Gasteiger partial charge in [-0.1, -0.05) is 6.42 Å². The van der Waals surface area contributed by atoms with Crippen LogP contribution in [0, 0.1) is 24.5 Å². The highest BCUT2D eigenvalue weighted by molar-refractivity contribution is 5.89. The van der Waals surface area contributed by atoms with E-state index in [1.54, 1.807) is 30.6 Å². The van der Waals surface area contributed by atoms with Crippen LogP contribution in [-0.2, 0) is 13.0 Å². The number of nitrogens with zero attached hydrogens (tertiary/aromatic N) is 5. The van der Waals surface area contributed by atoms with Gasteiger partial charge in [0.2, 0.25) is 0 Å². The molecule has 5 heterocycles. The largest absolute Gasteiger partial charge is 0.397 e. The van der Waals surface area contributed by atoms with Gasteiger partial charge in [-0.05, 0) is 67.9 Å². The minimum atomic E-state index is -0.487. The fraction of sp³-hybridized carbons (Fsp3) is 0.226. The molecule has 0 amide bonds. The Morgan fingerprint density at radius 1 is 0.900 bits per heavy atom. The number of imidazole rings is 1. The SMILES string of the molecule is C#C.Nc1cnc(-c2cncc(CN3CCCCC3)c2)c(F)c1Cc1nc2c(-c3ccc(F)cc3)nccc2[nH]1. The lowest BCUT2D eigenvalue weighted by molar-refractivity contribution is 0.220. The van der Waals surface area contributed by atoms with Crippen molar-refractivity contribution in [2.45, 2.75) is 32.2 Å². The molecule has 1 saturated heterocycles. The van der Waals surface area contributed by atoms with Crippen molar-refractivity contribution in [2.75, 3.05) is 18.8 Å². The van der Waals surface area contributed by atoms with Crippen molar-refractivity contribution in [3.63, 3.8) is 0 Å². The maximum absolute atomic E-state index is 15.9. The fourth-order valence-corrected chi connectivity index (χ4v) is 5.06. The molecule has 1 fully saturated rings. The topological polar surface area (TPSA) is 96.6 Å². The molecule has 9 heteroatoms. The van der Waals surface area contributed by atoms with E-state index in [2.05, 4.69) is 37.7 Å². The second-order valence-electron chi connectivity index (χ2n) is 9.70. The molecule has 1 aliphatic rings. The van der Waals surface area contributed by atoms with Crippen molar-refractivity contribution in [1.82, 2.24) is 29.8 Å². The van der Waals surface area contributed by atoms with Crippen molar-refractivity contribution in [3.05, 3.63) is 89.8 Å². The average Bonchev–Trinajstić information content (AvgIpc) is 3.40. The van der Waals surface area contributed by atoms with Crippen LogP contribution in [0.1, 0.15) is 36.2 Å². The second kappa shape index (κ2) is 12.0. The Kier molecular flexibility index (Phi) is 8.08. The average molecular weight is 538 g/mol. The van der Waals surface area contributed by atoms with Crippen LogP contribution >= 0.6 is 0 Å². The van der Waals surface area contributed by atoms with Crippen LogP contribution in [0.4, 0.5) is 14.5 Å². The molecule has 5 aromatic rings. The normalized spacial score (nSPS) is 13.6. The third kappa shape index (κ3) is 5.67. The Bertz CT molecular complexity index is 1640. The van der Waals surface area contributed by atoms with Gasteiger partial charge in [0, 0.05) is 48.2 Å². The molecule has 6 rings (SSSR count). The molecule has 4 aromatic heterocycles. The van der Waals surface area contributed by atoms with Gasteiger partial charge in [-0.2, -0.15) is 0 Å². The highest BCUT2D eigenvalue weighted by Crippen LogP contribution is 2.30. The number of aromatic nitrogens is 5. The highest BCUT2D eigenvalue weighted by Gasteiger charge is 2.19. The fourth-order valence-electron chi connectivity index (χ4n) is 5.06. The summed E-state index contributed by atoms with van der Waals surface area (Å²) < 4.78 is 29.3. The van der Waals surface area contributed by atoms with Gasteiger partial charge in [-0.3, -0.25) is 19.9 Å². The summed E-state index contributed by atoms with van der Waals surface area (Å²) in [4.78, 5) is 23.5. The predicted molar refractivity (Wildman–Crippen MR) is 153 cm³/mol. The summed E-state index contributed by atoms with van der Waals surface area (Å²) in [6.07, 6.45) is 18.4. The number of terminal acetylenes is 1. The van der Waals surface area contributed by atoms with E-state index in [9.17, 15) is 4.39 Å². The quantitative estimate of drug-likeness (QED) is 0.267. The molecule has 1 aliphatic heterocycles. The number of benzene rings is 1. The number of nitrogens with one attached hydrogen (secondary N) is 1. The molecule has 202 valence electrons. The molecule has 0 saturated carbocycles. The smallest absolute Gasteiger partial charge is 0.155 e. The third-order valence-corrected chi connectivity index (χ3v) is 6.99. The van der Waals surface area contributed by atoms with Crippen LogP contribution < -0.4 is 5.73 Å². The predicted octanol–water partition coefficient (Wildman–Crippen LogP) is 5.77. The van der Waals surface area contributed by atoms with Crippen LogP contribution in [0.2, 0.25) is 0 Å². The minimum absolute atomic E-state index is 0.144. The van der Waals surface area contributed by atoms with E-state index in [4.69, 9.17) is 10.7 Å². The summed E-state index contributed by atoms with van der Waals surface area (Å²) in [5, 5.41) is 0. The molecule has 0 unspecified atom stereocenters. The van der Waals surface area contributed by atoms with E-state index in [-0.39, 0.29) is 23.6 Å². The number of piperidine rings is 1. The first-order valence-corrected chi connectivity index (χ1v) is 13.1. The first-order valence-electron chi connectivity index (χ1n) is 13.1. The highest BCUT2D eigenvalue weighted by atomic mass is 19.1. The third-order valence-electron chi connectivity index (χ3n) is 6.99. The van der Waals surface area contributed by atoms with Gasteiger partial charge in [-0.25, -0.2) is 13.8 Å². The van der Waals surface area contributed by atoms with E-state index in [1.165, 1.54) is 37.6 Å². The number of hydrogen-bond donors (Lipinski definition) is 2. The Labute approximate surface area is 231 Å². The lowest BCUT2D eigenvalue weighted by atomic mass is 10.0. The zero-order valence-electron chi connectivity index (χ0n) is 21.9. The molecule has 1 aromatic carbocycles. The van der Waals surface area contributed by atoms with E-state index in [0.717, 1.165) is 36.3 Å². The van der Waals surface area contributed by atoms with Gasteiger partial charge in [0.1, 0.15) is 22.9 Å². The van der Waals surface area contributed by atoms with Crippen LogP contribution in [0.25, 0.3) is 33.5 Å². The van der Waals surface area contributed by atoms with Gasteiger partial charge in [0.15, 0.2) is 5.82 Å². The maximum atomic E-state index is 15.9. The molecular formula is C31H29F2N7. The number of nitrogen functional groups attached to an aromatic ring is 1. The number of aromatic amines is 1. The van der Waals surface area contributed by atoms with Gasteiger partial charge in [0.25, 0.3) is 0 Å². The monoisotopic (exact) mass is 537 g/mol. The number of hydrogen-bond acceptors (Lipinski definition) is 6. The van der Waals surface area contributed by atoms with Crippen molar-refractivity contribution in [2.24, 2.45) is 0 Å². The molecule has 0 radical (unpaired) electrons. The molecule has 0 aliphatic carbocycles. The second-order valence-corrected chi connectivity index (χ2v) is 9.70. The molecule has 0 spiro atoms. The molecule has 3 N–H and O–H groups in total. The van der Waals surface area contributed by atoms with Gasteiger partial charge in [0.05, 0.1) is 23.1 Å². The van der Waals surface area contributed by atoms with E-state index >= 15 is 4.39 Å². The van der Waals surface area contributed by atoms with Crippen LogP contribution in [0.5, 0.6) is 0 Å². The number of fused-ring (bicyclic) bond motifs is 1. The summed E-state index contributed by atoms with van der Waals surface area (Å²) in [7, 11) is 0. The first kappa shape index (κ1) is 26.9. The number of nitrogens with two attached hydrogens (primary N) is 1. The van der Waals surface area contributed by atoms with Crippen molar-refractivity contribution in [1.29, 1.82) is 0 Å². The first-order chi connectivity index (χ1) is 19.5. The lowest BCUT2D eigenvalue weighted by Crippen LogP contribution is -2.29. The summed E-state index contributed by atoms with van der Waals surface area (Å²) >= 11 is 0. The number of rotatable bonds is 6. The number of halogens is 2. The van der Waals surface area contributed by atoms with Crippen molar-refractivity contribution in [3.8, 4) is 35.4 Å². The number of likely N-dealkylation sites (tertiary alicyclic amines) is 1. The summed E-state index contributed by atoms with van der Waals surface area (Å²) in [5.41, 5.74) is 11.3. The number of anilines is 1. The van der Waals surface area contributed by atoms with E-state index in [1.807, 2.05) is 12.3 Å². The van der Waals surface area contributed by atoms with Crippen molar-refractivity contribution >= 4 is 16.7 Å². The van der Waals surface area contributed by atoms with Crippen LogP contribution in [0.3, 0.4) is 0 Å². The molecular weight excluding hydrogens is 508 g/mol. The zero-order valence-corrected chi connectivity index (χ0v) is 21.9. The van der Waals surface area contributed by atoms with Crippen LogP contribution in [0.15, 0.2) is 61.2 Å². The summed E-state index contributed by atoms with van der Waals surface area (Å²) in [5.74, 6) is -0.273. The molecule has 0 atom stereocenters. The van der Waals surface area contributed by atoms with Crippen LogP contribution in [-0.4, -0.2) is 42.9 Å².